The molecule has 0 atom stereocenters. The standard InChI is InChI=1S/C11H23NO2/c1-3-10(4-2)9-12-11(14)7-5-6-8-13/h10,13H,3-9H2,1-2H3,(H,12,14). The van der Waals surface area contributed by atoms with E-state index < -0.39 is 0 Å². The number of nitrogens with one attached hydrogen (secondary N) is 1. The molecule has 14 heavy (non-hydrogen) atoms. The van der Waals surface area contributed by atoms with Gasteiger partial charge in [0.25, 0.3) is 0 Å². The van der Waals surface area contributed by atoms with Crippen molar-refractivity contribution in [2.45, 2.75) is 46.0 Å². The summed E-state index contributed by atoms with van der Waals surface area (Å²) in [4.78, 5) is 11.3. The number of carbonyl (C=O) groups is 1. The van der Waals surface area contributed by atoms with Crippen LogP contribution < -0.4 is 5.32 Å². The number of aliphatic hydroxyl groups excluding tert-OH is 1. The van der Waals surface area contributed by atoms with Gasteiger partial charge in [0.1, 0.15) is 0 Å². The van der Waals surface area contributed by atoms with E-state index in [0.717, 1.165) is 32.2 Å². The Bertz CT molecular complexity index is 144. The van der Waals surface area contributed by atoms with E-state index in [4.69, 9.17) is 5.11 Å². The Balaban J connectivity index is 3.42. The molecular formula is C11H23NO2. The van der Waals surface area contributed by atoms with Gasteiger partial charge in [-0.25, -0.2) is 0 Å². The minimum Gasteiger partial charge on any atom is -0.396 e. The van der Waals surface area contributed by atoms with Gasteiger partial charge in [-0.05, 0) is 18.8 Å². The Hall–Kier alpha value is -0.570. The van der Waals surface area contributed by atoms with Crippen molar-refractivity contribution in [1.29, 1.82) is 0 Å². The van der Waals surface area contributed by atoms with Crippen molar-refractivity contribution in [2.75, 3.05) is 13.2 Å². The van der Waals surface area contributed by atoms with Gasteiger partial charge in [0.2, 0.25) is 5.91 Å². The molecule has 1 amide bonds. The summed E-state index contributed by atoms with van der Waals surface area (Å²) in [5, 5.41) is 11.5. The van der Waals surface area contributed by atoms with Crippen molar-refractivity contribution in [1.82, 2.24) is 5.32 Å². The van der Waals surface area contributed by atoms with Crippen LogP contribution in [0.25, 0.3) is 0 Å². The topological polar surface area (TPSA) is 49.3 Å². The fraction of sp³-hybridized carbons (Fsp3) is 0.909. The van der Waals surface area contributed by atoms with Gasteiger partial charge in [-0.15, -0.1) is 0 Å². The third-order valence-corrected chi connectivity index (χ3v) is 2.55. The number of rotatable bonds is 8. The van der Waals surface area contributed by atoms with Gasteiger partial charge in [0.15, 0.2) is 0 Å². The maximum Gasteiger partial charge on any atom is 0.220 e. The molecule has 0 aromatic heterocycles. The van der Waals surface area contributed by atoms with Crippen LogP contribution in [0.5, 0.6) is 0 Å². The first-order valence-corrected chi connectivity index (χ1v) is 5.62. The van der Waals surface area contributed by atoms with Crippen molar-refractivity contribution in [3.8, 4) is 0 Å². The van der Waals surface area contributed by atoms with Crippen LogP contribution >= 0.6 is 0 Å². The van der Waals surface area contributed by atoms with E-state index >= 15 is 0 Å². The smallest absolute Gasteiger partial charge is 0.220 e. The summed E-state index contributed by atoms with van der Waals surface area (Å²) in [6, 6.07) is 0. The lowest BCUT2D eigenvalue weighted by Crippen LogP contribution is -2.28. The van der Waals surface area contributed by atoms with Crippen LogP contribution in [0.4, 0.5) is 0 Å². The van der Waals surface area contributed by atoms with Gasteiger partial charge in [0, 0.05) is 19.6 Å². The molecule has 0 aliphatic carbocycles. The number of carbonyl (C=O) groups excluding carboxylic acids is 1. The summed E-state index contributed by atoms with van der Waals surface area (Å²) in [6.45, 7) is 5.27. The quantitative estimate of drug-likeness (QED) is 0.587. The highest BCUT2D eigenvalue weighted by atomic mass is 16.2. The molecule has 3 heteroatoms. The van der Waals surface area contributed by atoms with Crippen molar-refractivity contribution in [3.63, 3.8) is 0 Å². The SMILES string of the molecule is CCC(CC)CNC(=O)CCCCO. The first kappa shape index (κ1) is 13.4. The molecule has 0 rings (SSSR count). The average Bonchev–Trinajstić information content (AvgIpc) is 2.20. The van der Waals surface area contributed by atoms with Crippen LogP contribution in [-0.4, -0.2) is 24.2 Å². The van der Waals surface area contributed by atoms with E-state index in [0.29, 0.717) is 12.3 Å². The van der Waals surface area contributed by atoms with E-state index in [2.05, 4.69) is 19.2 Å². The zero-order valence-corrected chi connectivity index (χ0v) is 9.38. The predicted octanol–water partition coefficient (Wildman–Crippen LogP) is 1.70. The Kier molecular flexibility index (Phi) is 8.64. The predicted molar refractivity (Wildman–Crippen MR) is 58.0 cm³/mol. The van der Waals surface area contributed by atoms with Crippen molar-refractivity contribution in [3.05, 3.63) is 0 Å². The second kappa shape index (κ2) is 9.00. The van der Waals surface area contributed by atoms with E-state index in [1.807, 2.05) is 0 Å². The molecular weight excluding hydrogens is 178 g/mol. The van der Waals surface area contributed by atoms with Gasteiger partial charge < -0.3 is 10.4 Å². The molecule has 0 saturated carbocycles. The van der Waals surface area contributed by atoms with E-state index in [1.165, 1.54) is 0 Å². The fourth-order valence-electron chi connectivity index (χ4n) is 1.32. The molecule has 0 aromatic rings. The summed E-state index contributed by atoms with van der Waals surface area (Å²) in [7, 11) is 0. The molecule has 0 aliphatic rings. The van der Waals surface area contributed by atoms with E-state index in [1.54, 1.807) is 0 Å². The molecule has 0 unspecified atom stereocenters. The molecule has 0 heterocycles. The molecule has 0 saturated heterocycles. The highest BCUT2D eigenvalue weighted by Gasteiger charge is 2.05. The van der Waals surface area contributed by atoms with Crippen LogP contribution in [0.3, 0.4) is 0 Å². The maximum absolute atomic E-state index is 11.3. The lowest BCUT2D eigenvalue weighted by atomic mass is 10.0. The normalized spacial score (nSPS) is 10.6. The second-order valence-corrected chi connectivity index (χ2v) is 3.67. The zero-order valence-electron chi connectivity index (χ0n) is 9.38. The lowest BCUT2D eigenvalue weighted by Gasteiger charge is -2.12. The van der Waals surface area contributed by atoms with E-state index in [9.17, 15) is 4.79 Å². The minimum absolute atomic E-state index is 0.116. The maximum atomic E-state index is 11.3. The van der Waals surface area contributed by atoms with Gasteiger partial charge >= 0.3 is 0 Å². The van der Waals surface area contributed by atoms with Crippen LogP contribution in [0, 0.1) is 5.92 Å². The minimum atomic E-state index is 0.116. The third-order valence-electron chi connectivity index (χ3n) is 2.55. The lowest BCUT2D eigenvalue weighted by molar-refractivity contribution is -0.121. The molecule has 0 bridgehead atoms. The monoisotopic (exact) mass is 201 g/mol. The Morgan fingerprint density at radius 3 is 2.43 bits per heavy atom. The van der Waals surface area contributed by atoms with Crippen LogP contribution in [0.2, 0.25) is 0 Å². The molecule has 0 aromatic carbocycles. The highest BCUT2D eigenvalue weighted by Crippen LogP contribution is 2.05. The van der Waals surface area contributed by atoms with Gasteiger partial charge in [-0.3, -0.25) is 4.79 Å². The second-order valence-electron chi connectivity index (χ2n) is 3.67. The first-order valence-electron chi connectivity index (χ1n) is 5.62. The zero-order chi connectivity index (χ0) is 10.8. The summed E-state index contributed by atoms with van der Waals surface area (Å²) >= 11 is 0. The Morgan fingerprint density at radius 2 is 1.93 bits per heavy atom. The summed E-state index contributed by atoms with van der Waals surface area (Å²) in [6.07, 6.45) is 4.28. The van der Waals surface area contributed by atoms with Crippen LogP contribution in [0.15, 0.2) is 0 Å². The summed E-state index contributed by atoms with van der Waals surface area (Å²) < 4.78 is 0. The number of unbranched alkanes of at least 4 members (excludes halogenated alkanes) is 1. The molecule has 0 aliphatic heterocycles. The molecule has 0 radical (unpaired) electrons. The summed E-state index contributed by atoms with van der Waals surface area (Å²) in [5.41, 5.74) is 0. The fourth-order valence-corrected chi connectivity index (χ4v) is 1.32. The molecule has 2 N–H and O–H groups in total. The number of aliphatic hydroxyl groups is 1. The number of amides is 1. The first-order chi connectivity index (χ1) is 6.74. The van der Waals surface area contributed by atoms with Gasteiger partial charge in [-0.1, -0.05) is 26.7 Å². The number of hydrogen-bond acceptors (Lipinski definition) is 2. The third kappa shape index (κ3) is 6.89. The van der Waals surface area contributed by atoms with Crippen molar-refractivity contribution >= 4 is 5.91 Å². The summed E-state index contributed by atoms with van der Waals surface area (Å²) in [5.74, 6) is 0.724. The van der Waals surface area contributed by atoms with Gasteiger partial charge in [0.05, 0.1) is 0 Å². The highest BCUT2D eigenvalue weighted by molar-refractivity contribution is 5.75. The largest absolute Gasteiger partial charge is 0.396 e. The van der Waals surface area contributed by atoms with Crippen molar-refractivity contribution < 1.29 is 9.90 Å². The molecule has 0 fully saturated rings. The van der Waals surface area contributed by atoms with Crippen LogP contribution in [-0.2, 0) is 4.79 Å². The van der Waals surface area contributed by atoms with Crippen molar-refractivity contribution in [2.24, 2.45) is 5.92 Å². The number of hydrogen-bond donors (Lipinski definition) is 2. The molecule has 84 valence electrons. The molecule has 0 spiro atoms. The Morgan fingerprint density at radius 1 is 1.29 bits per heavy atom. The molecule has 3 nitrogen and oxygen atoms in total. The Labute approximate surface area is 86.9 Å². The average molecular weight is 201 g/mol. The van der Waals surface area contributed by atoms with Gasteiger partial charge in [-0.2, -0.15) is 0 Å². The van der Waals surface area contributed by atoms with E-state index in [-0.39, 0.29) is 12.5 Å². The van der Waals surface area contributed by atoms with Crippen LogP contribution in [0.1, 0.15) is 46.0 Å².